The third kappa shape index (κ3) is 3.32. The molecule has 1 atom stereocenters. The lowest BCUT2D eigenvalue weighted by atomic mass is 10.1. The van der Waals surface area contributed by atoms with E-state index < -0.39 is 10.0 Å². The van der Waals surface area contributed by atoms with Crippen molar-refractivity contribution in [2.75, 3.05) is 5.73 Å². The minimum Gasteiger partial charge on any atom is -0.398 e. The van der Waals surface area contributed by atoms with Crippen LogP contribution in [0.5, 0.6) is 0 Å². The van der Waals surface area contributed by atoms with E-state index in [0.717, 1.165) is 16.9 Å². The highest BCUT2D eigenvalue weighted by Gasteiger charge is 2.19. The van der Waals surface area contributed by atoms with Crippen LogP contribution in [0.4, 0.5) is 5.69 Å². The zero-order valence-corrected chi connectivity index (χ0v) is 12.2. The molecule has 2 aromatic rings. The minimum absolute atomic E-state index is 0.145. The third-order valence-electron chi connectivity index (χ3n) is 2.34. The summed E-state index contributed by atoms with van der Waals surface area (Å²) in [5, 5.41) is 5.63. The standard InChI is InChI=1S/C11H14N2O2S3/c1-8(4-9-2-3-16-6-9)13-18(14,15)11-5-10(12)7-17-11/h2-3,5-8,13H,4,12H2,1H3. The summed E-state index contributed by atoms with van der Waals surface area (Å²) in [6.07, 6.45) is 0.684. The molecule has 98 valence electrons. The lowest BCUT2D eigenvalue weighted by Crippen LogP contribution is -2.33. The second-order valence-electron chi connectivity index (χ2n) is 4.06. The van der Waals surface area contributed by atoms with Gasteiger partial charge in [0, 0.05) is 17.1 Å². The molecule has 0 aliphatic carbocycles. The van der Waals surface area contributed by atoms with E-state index in [1.807, 2.05) is 23.8 Å². The van der Waals surface area contributed by atoms with Crippen LogP contribution in [0, 0.1) is 0 Å². The van der Waals surface area contributed by atoms with E-state index in [0.29, 0.717) is 12.1 Å². The molecule has 0 spiro atoms. The smallest absolute Gasteiger partial charge is 0.250 e. The van der Waals surface area contributed by atoms with Gasteiger partial charge in [0.15, 0.2) is 0 Å². The third-order valence-corrected chi connectivity index (χ3v) is 6.12. The monoisotopic (exact) mass is 302 g/mol. The Bertz CT molecular complexity index is 602. The molecule has 18 heavy (non-hydrogen) atoms. The van der Waals surface area contributed by atoms with Crippen LogP contribution in [-0.2, 0) is 16.4 Å². The normalized spacial score (nSPS) is 13.6. The summed E-state index contributed by atoms with van der Waals surface area (Å²) in [5.41, 5.74) is 7.15. The first-order valence-electron chi connectivity index (χ1n) is 5.35. The fourth-order valence-corrected chi connectivity index (χ4v) is 4.62. The van der Waals surface area contributed by atoms with E-state index in [-0.39, 0.29) is 10.3 Å². The van der Waals surface area contributed by atoms with Gasteiger partial charge in [0.1, 0.15) is 4.21 Å². The van der Waals surface area contributed by atoms with Crippen molar-refractivity contribution in [3.8, 4) is 0 Å². The SMILES string of the molecule is CC(Cc1ccsc1)NS(=O)(=O)c1cc(N)cs1. The molecule has 0 radical (unpaired) electrons. The molecule has 2 aromatic heterocycles. The van der Waals surface area contributed by atoms with E-state index in [1.165, 1.54) is 6.07 Å². The Hall–Kier alpha value is -0.890. The van der Waals surface area contributed by atoms with Crippen LogP contribution in [0.3, 0.4) is 0 Å². The second-order valence-corrected chi connectivity index (χ2v) is 7.69. The number of anilines is 1. The quantitative estimate of drug-likeness (QED) is 0.890. The van der Waals surface area contributed by atoms with Gasteiger partial charge in [-0.1, -0.05) is 0 Å². The molecule has 0 saturated carbocycles. The molecule has 3 N–H and O–H groups in total. The first-order chi connectivity index (χ1) is 8.47. The lowest BCUT2D eigenvalue weighted by Gasteiger charge is -2.12. The zero-order chi connectivity index (χ0) is 13.2. The van der Waals surface area contributed by atoms with Gasteiger partial charge in [-0.05, 0) is 41.8 Å². The van der Waals surface area contributed by atoms with Crippen molar-refractivity contribution < 1.29 is 8.42 Å². The highest BCUT2D eigenvalue weighted by atomic mass is 32.2. The molecule has 2 heterocycles. The van der Waals surface area contributed by atoms with Crippen molar-refractivity contribution >= 4 is 38.4 Å². The Balaban J connectivity index is 2.04. The van der Waals surface area contributed by atoms with Gasteiger partial charge in [0.25, 0.3) is 0 Å². The van der Waals surface area contributed by atoms with Crippen LogP contribution in [0.1, 0.15) is 12.5 Å². The largest absolute Gasteiger partial charge is 0.398 e. The predicted octanol–water partition coefficient (Wildman–Crippen LogP) is 2.30. The molecular weight excluding hydrogens is 288 g/mol. The van der Waals surface area contributed by atoms with E-state index in [4.69, 9.17) is 5.73 Å². The van der Waals surface area contributed by atoms with Crippen molar-refractivity contribution in [1.29, 1.82) is 0 Å². The Morgan fingerprint density at radius 2 is 2.22 bits per heavy atom. The fourth-order valence-electron chi connectivity index (χ4n) is 1.60. The van der Waals surface area contributed by atoms with Crippen LogP contribution in [0.25, 0.3) is 0 Å². The average molecular weight is 302 g/mol. The summed E-state index contributed by atoms with van der Waals surface area (Å²) in [6.45, 7) is 1.85. The van der Waals surface area contributed by atoms with Gasteiger partial charge in [-0.15, -0.1) is 11.3 Å². The maximum absolute atomic E-state index is 12.0. The van der Waals surface area contributed by atoms with Gasteiger partial charge in [0.05, 0.1) is 0 Å². The van der Waals surface area contributed by atoms with Crippen molar-refractivity contribution in [1.82, 2.24) is 4.72 Å². The minimum atomic E-state index is -3.45. The van der Waals surface area contributed by atoms with E-state index >= 15 is 0 Å². The number of hydrogen-bond donors (Lipinski definition) is 2. The summed E-state index contributed by atoms with van der Waals surface area (Å²) in [5.74, 6) is 0. The van der Waals surface area contributed by atoms with Crippen molar-refractivity contribution in [2.24, 2.45) is 0 Å². The number of thiophene rings is 2. The van der Waals surface area contributed by atoms with Crippen molar-refractivity contribution in [3.05, 3.63) is 33.8 Å². The fraction of sp³-hybridized carbons (Fsp3) is 0.273. The average Bonchev–Trinajstić information content (AvgIpc) is 2.88. The molecule has 1 unspecified atom stereocenters. The maximum Gasteiger partial charge on any atom is 0.250 e. The number of nitrogens with two attached hydrogens (primary N) is 1. The van der Waals surface area contributed by atoms with Crippen molar-refractivity contribution in [2.45, 2.75) is 23.6 Å². The van der Waals surface area contributed by atoms with E-state index in [9.17, 15) is 8.42 Å². The molecule has 0 saturated heterocycles. The van der Waals surface area contributed by atoms with Crippen LogP contribution in [-0.4, -0.2) is 14.5 Å². The summed E-state index contributed by atoms with van der Waals surface area (Å²) >= 11 is 2.74. The highest BCUT2D eigenvalue weighted by molar-refractivity contribution is 7.91. The Morgan fingerprint density at radius 1 is 1.44 bits per heavy atom. The Morgan fingerprint density at radius 3 is 2.78 bits per heavy atom. The van der Waals surface area contributed by atoms with E-state index in [1.54, 1.807) is 16.7 Å². The Kier molecular flexibility index (Phi) is 4.06. The van der Waals surface area contributed by atoms with E-state index in [2.05, 4.69) is 4.72 Å². The van der Waals surface area contributed by atoms with Crippen LogP contribution in [0.2, 0.25) is 0 Å². The molecule has 0 aromatic carbocycles. The molecule has 0 bridgehead atoms. The van der Waals surface area contributed by atoms with Crippen molar-refractivity contribution in [3.63, 3.8) is 0 Å². The van der Waals surface area contributed by atoms with Gasteiger partial charge in [0.2, 0.25) is 10.0 Å². The first kappa shape index (κ1) is 13.5. The number of nitrogen functional groups attached to an aromatic ring is 1. The lowest BCUT2D eigenvalue weighted by molar-refractivity contribution is 0.562. The molecule has 0 fully saturated rings. The summed E-state index contributed by atoms with van der Waals surface area (Å²) in [7, 11) is -3.45. The topological polar surface area (TPSA) is 72.2 Å². The number of nitrogens with one attached hydrogen (secondary N) is 1. The van der Waals surface area contributed by atoms with Crippen LogP contribution < -0.4 is 10.5 Å². The van der Waals surface area contributed by atoms with Gasteiger partial charge in [-0.2, -0.15) is 11.3 Å². The number of hydrogen-bond acceptors (Lipinski definition) is 5. The second kappa shape index (κ2) is 5.40. The number of rotatable bonds is 5. The molecule has 2 rings (SSSR count). The van der Waals surface area contributed by atoms with Crippen LogP contribution >= 0.6 is 22.7 Å². The van der Waals surface area contributed by atoms with Crippen LogP contribution in [0.15, 0.2) is 32.5 Å². The zero-order valence-electron chi connectivity index (χ0n) is 9.79. The predicted molar refractivity (Wildman–Crippen MR) is 76.5 cm³/mol. The first-order valence-corrected chi connectivity index (χ1v) is 8.65. The Labute approximate surface area is 115 Å². The van der Waals surface area contributed by atoms with Gasteiger partial charge in [-0.25, -0.2) is 13.1 Å². The molecule has 0 aliphatic heterocycles. The maximum atomic E-state index is 12.0. The van der Waals surface area contributed by atoms with Gasteiger partial charge < -0.3 is 5.73 Å². The molecule has 0 amide bonds. The molecule has 7 heteroatoms. The summed E-state index contributed by atoms with van der Waals surface area (Å²) in [6, 6.07) is 3.33. The molecular formula is C11H14N2O2S3. The van der Waals surface area contributed by atoms with Gasteiger partial charge >= 0.3 is 0 Å². The van der Waals surface area contributed by atoms with Gasteiger partial charge in [-0.3, -0.25) is 0 Å². The summed E-state index contributed by atoms with van der Waals surface area (Å²) < 4.78 is 27.0. The molecule has 4 nitrogen and oxygen atoms in total. The number of sulfonamides is 1. The molecule has 0 aliphatic rings. The summed E-state index contributed by atoms with van der Waals surface area (Å²) in [4.78, 5) is 0. The highest BCUT2D eigenvalue weighted by Crippen LogP contribution is 2.22.